The van der Waals surface area contributed by atoms with Gasteiger partial charge in [-0.3, -0.25) is 14.6 Å². The fraction of sp³-hybridized carbons (Fsp3) is 0.345. The standard InChI is InChI=1S/C29H31N3O6/c1-4-37-23-9-6-19(16-24(23)36-3)26-25(27(33)20-7-8-22-21(15-20)14-18(2)38-22)28(34)29(35)32(26)12-5-11-31-13-10-30-17-31/h6-10,13,15-18,26H,4-5,11-12,14H2,1-3H3,(H,33,34)/p+1. The molecule has 9 heteroatoms. The predicted octanol–water partition coefficient (Wildman–Crippen LogP) is 3.54. The molecule has 3 aromatic rings. The Labute approximate surface area is 221 Å². The molecule has 198 valence electrons. The average molecular weight is 519 g/mol. The van der Waals surface area contributed by atoms with Crippen LogP contribution >= 0.6 is 0 Å². The van der Waals surface area contributed by atoms with Gasteiger partial charge in [-0.1, -0.05) is 6.07 Å². The normalized spacial score (nSPS) is 19.9. The van der Waals surface area contributed by atoms with Crippen LogP contribution in [0.25, 0.3) is 5.76 Å². The summed E-state index contributed by atoms with van der Waals surface area (Å²) in [4.78, 5) is 31.3. The summed E-state index contributed by atoms with van der Waals surface area (Å²) >= 11 is 0. The Morgan fingerprint density at radius 3 is 2.79 bits per heavy atom. The number of aromatic amines is 1. The number of fused-ring (bicyclic) bond motifs is 1. The van der Waals surface area contributed by atoms with Gasteiger partial charge in [0.15, 0.2) is 11.5 Å². The first-order valence-electron chi connectivity index (χ1n) is 12.8. The molecule has 1 saturated heterocycles. The maximum absolute atomic E-state index is 13.4. The number of nitrogens with one attached hydrogen (secondary N) is 1. The number of nitrogens with zero attached hydrogens (tertiary/aromatic N) is 2. The van der Waals surface area contributed by atoms with Crippen molar-refractivity contribution >= 4 is 17.4 Å². The van der Waals surface area contributed by atoms with Crippen LogP contribution in [0.15, 0.2) is 60.7 Å². The molecule has 2 aliphatic heterocycles. The van der Waals surface area contributed by atoms with Gasteiger partial charge in [0.1, 0.15) is 30.0 Å². The molecule has 0 spiro atoms. The summed E-state index contributed by atoms with van der Waals surface area (Å²) in [7, 11) is 1.54. The Balaban J connectivity index is 1.56. The molecule has 0 saturated carbocycles. The topological polar surface area (TPSA) is 105 Å². The first kappa shape index (κ1) is 25.4. The van der Waals surface area contributed by atoms with Crippen LogP contribution in [-0.4, -0.2) is 53.0 Å². The van der Waals surface area contributed by atoms with Crippen LogP contribution in [0.2, 0.25) is 0 Å². The molecule has 1 fully saturated rings. The summed E-state index contributed by atoms with van der Waals surface area (Å²) in [5, 5.41) is 11.5. The number of carbonyl (C=O) groups excluding carboxylic acids is 2. The fourth-order valence-electron chi connectivity index (χ4n) is 5.19. The SMILES string of the molecule is CCOc1ccc(C2C(=C(O)c3ccc4c(c3)CC(C)O4)C(=O)C(=O)N2CCC[n+]2cc[nH]c2)cc1OC. The lowest BCUT2D eigenvalue weighted by Crippen LogP contribution is -2.36. The maximum Gasteiger partial charge on any atom is 0.295 e. The third kappa shape index (κ3) is 4.71. The van der Waals surface area contributed by atoms with E-state index in [1.807, 2.05) is 49.3 Å². The molecule has 3 heterocycles. The molecule has 1 amide bonds. The van der Waals surface area contributed by atoms with E-state index in [-0.39, 0.29) is 17.4 Å². The van der Waals surface area contributed by atoms with Gasteiger partial charge in [-0.25, -0.2) is 4.57 Å². The minimum atomic E-state index is -0.778. The Hall–Kier alpha value is -4.27. The number of methoxy groups -OCH3 is 1. The zero-order valence-electron chi connectivity index (χ0n) is 21.8. The van der Waals surface area contributed by atoms with Crippen LogP contribution in [0.4, 0.5) is 0 Å². The molecule has 5 rings (SSSR count). The zero-order chi connectivity index (χ0) is 26.8. The van der Waals surface area contributed by atoms with E-state index in [0.29, 0.717) is 55.2 Å². The third-order valence-electron chi connectivity index (χ3n) is 6.93. The molecule has 2 aliphatic rings. The minimum Gasteiger partial charge on any atom is -0.507 e. The lowest BCUT2D eigenvalue weighted by atomic mass is 9.94. The molecule has 2 N–H and O–H groups in total. The molecule has 38 heavy (non-hydrogen) atoms. The lowest BCUT2D eigenvalue weighted by Gasteiger charge is -2.26. The highest BCUT2D eigenvalue weighted by molar-refractivity contribution is 6.46. The van der Waals surface area contributed by atoms with Crippen LogP contribution in [0.1, 0.15) is 43.0 Å². The van der Waals surface area contributed by atoms with Gasteiger partial charge in [-0.15, -0.1) is 0 Å². The predicted molar refractivity (Wildman–Crippen MR) is 139 cm³/mol. The number of hydrogen-bond donors (Lipinski definition) is 2. The number of aliphatic hydroxyl groups is 1. The van der Waals surface area contributed by atoms with Crippen molar-refractivity contribution in [1.29, 1.82) is 0 Å². The molecule has 1 aromatic heterocycles. The van der Waals surface area contributed by atoms with Crippen molar-refractivity contribution in [3.63, 3.8) is 0 Å². The highest BCUT2D eigenvalue weighted by atomic mass is 16.5. The summed E-state index contributed by atoms with van der Waals surface area (Å²) in [6.45, 7) is 5.32. The number of hydrogen-bond acceptors (Lipinski definition) is 6. The molecule has 0 radical (unpaired) electrons. The summed E-state index contributed by atoms with van der Waals surface area (Å²) in [6.07, 6.45) is 6.93. The molecular formula is C29H32N3O6+. The third-order valence-corrected chi connectivity index (χ3v) is 6.93. The molecule has 0 aliphatic carbocycles. The lowest BCUT2D eigenvalue weighted by molar-refractivity contribution is -0.695. The number of imidazole rings is 1. The molecule has 0 bridgehead atoms. The number of likely N-dealkylation sites (tertiary alicyclic amines) is 1. The van der Waals surface area contributed by atoms with Crippen molar-refractivity contribution in [3.05, 3.63) is 77.4 Å². The number of aliphatic hydroxyl groups excluding tert-OH is 1. The Morgan fingerprint density at radius 1 is 1.21 bits per heavy atom. The number of carbonyl (C=O) groups is 2. The minimum absolute atomic E-state index is 0.0437. The van der Waals surface area contributed by atoms with E-state index in [9.17, 15) is 14.7 Å². The summed E-state index contributed by atoms with van der Waals surface area (Å²) in [5.41, 5.74) is 2.14. The Morgan fingerprint density at radius 2 is 2.05 bits per heavy atom. The molecule has 2 atom stereocenters. The van der Waals surface area contributed by atoms with E-state index in [4.69, 9.17) is 14.2 Å². The maximum atomic E-state index is 13.4. The van der Waals surface area contributed by atoms with Crippen LogP contribution in [0.5, 0.6) is 17.2 Å². The number of aryl methyl sites for hydroxylation is 1. The summed E-state index contributed by atoms with van der Waals surface area (Å²) in [5.74, 6) is 0.269. The Bertz CT molecular complexity index is 1380. The largest absolute Gasteiger partial charge is 0.507 e. The number of rotatable bonds is 9. The van der Waals surface area contributed by atoms with Gasteiger partial charge in [-0.05, 0) is 55.3 Å². The van der Waals surface area contributed by atoms with Gasteiger partial charge in [0.05, 0.1) is 31.9 Å². The van der Waals surface area contributed by atoms with Crippen LogP contribution in [0.3, 0.4) is 0 Å². The monoisotopic (exact) mass is 518 g/mol. The second-order valence-electron chi connectivity index (χ2n) is 9.49. The number of ether oxygens (including phenoxy) is 3. The van der Waals surface area contributed by atoms with E-state index in [2.05, 4.69) is 4.98 Å². The average Bonchev–Trinajstić information content (AvgIpc) is 3.62. The first-order valence-corrected chi connectivity index (χ1v) is 12.8. The van der Waals surface area contributed by atoms with Crippen molar-refractivity contribution in [2.75, 3.05) is 20.3 Å². The van der Waals surface area contributed by atoms with Crippen molar-refractivity contribution in [2.45, 2.75) is 45.4 Å². The van der Waals surface area contributed by atoms with Gasteiger partial charge >= 0.3 is 0 Å². The van der Waals surface area contributed by atoms with E-state index in [1.165, 1.54) is 4.90 Å². The fourth-order valence-corrected chi connectivity index (χ4v) is 5.19. The van der Waals surface area contributed by atoms with Crippen molar-refractivity contribution in [1.82, 2.24) is 9.88 Å². The quantitative estimate of drug-likeness (QED) is 0.194. The summed E-state index contributed by atoms with van der Waals surface area (Å²) < 4.78 is 19.0. The van der Waals surface area contributed by atoms with Crippen LogP contribution < -0.4 is 18.8 Å². The number of H-pyrrole nitrogens is 1. The van der Waals surface area contributed by atoms with Gasteiger partial charge in [0, 0.05) is 24.9 Å². The van der Waals surface area contributed by atoms with Crippen molar-refractivity contribution in [3.8, 4) is 17.2 Å². The first-order chi connectivity index (χ1) is 18.4. The van der Waals surface area contributed by atoms with E-state index < -0.39 is 17.7 Å². The second-order valence-corrected chi connectivity index (χ2v) is 9.49. The van der Waals surface area contributed by atoms with Crippen molar-refractivity contribution < 1.29 is 33.5 Å². The van der Waals surface area contributed by atoms with E-state index in [0.717, 1.165) is 11.3 Å². The number of ketones is 1. The van der Waals surface area contributed by atoms with Gasteiger partial charge in [0.25, 0.3) is 11.7 Å². The second kappa shape index (κ2) is 10.6. The number of aromatic nitrogens is 2. The van der Waals surface area contributed by atoms with Gasteiger partial charge < -0.3 is 24.2 Å². The van der Waals surface area contributed by atoms with Crippen LogP contribution in [-0.2, 0) is 22.6 Å². The number of benzene rings is 2. The van der Waals surface area contributed by atoms with E-state index >= 15 is 0 Å². The molecule has 2 unspecified atom stereocenters. The van der Waals surface area contributed by atoms with Gasteiger partial charge in [0.2, 0.25) is 6.33 Å². The zero-order valence-corrected chi connectivity index (χ0v) is 21.8. The Kier molecular flexibility index (Phi) is 7.09. The molecule has 2 aromatic carbocycles. The van der Waals surface area contributed by atoms with Crippen molar-refractivity contribution in [2.24, 2.45) is 0 Å². The molecule has 9 nitrogen and oxygen atoms in total. The highest BCUT2D eigenvalue weighted by Gasteiger charge is 2.46. The molecular weight excluding hydrogens is 486 g/mol. The van der Waals surface area contributed by atoms with Gasteiger partial charge in [-0.2, -0.15) is 0 Å². The highest BCUT2D eigenvalue weighted by Crippen LogP contribution is 2.42. The number of amides is 1. The smallest absolute Gasteiger partial charge is 0.295 e. The number of Topliss-reactive ketones (excluding diaryl/α,β-unsaturated/α-hetero) is 1. The van der Waals surface area contributed by atoms with Crippen LogP contribution in [0, 0.1) is 0 Å². The van der Waals surface area contributed by atoms with E-state index in [1.54, 1.807) is 31.4 Å². The summed E-state index contributed by atoms with van der Waals surface area (Å²) in [6, 6.07) is 9.91.